The molecule has 0 radical (unpaired) electrons. The zero-order chi connectivity index (χ0) is 22.9. The van der Waals surface area contributed by atoms with E-state index in [4.69, 9.17) is 9.47 Å². The minimum atomic E-state index is -0.383. The molecule has 3 nitrogen and oxygen atoms in total. The third-order valence-corrected chi connectivity index (χ3v) is 4.89. The molecule has 0 atom stereocenters. The average molecular weight is 428 g/mol. The highest BCUT2D eigenvalue weighted by Gasteiger charge is 2.14. The molecule has 0 fully saturated rings. The van der Waals surface area contributed by atoms with Gasteiger partial charge in [-0.05, 0) is 67.3 Å². The van der Waals surface area contributed by atoms with Crippen LogP contribution in [0.1, 0.15) is 34.7 Å². The van der Waals surface area contributed by atoms with Gasteiger partial charge in [-0.2, -0.15) is 5.26 Å². The van der Waals surface area contributed by atoms with E-state index < -0.39 is 0 Å². The molecule has 0 spiro atoms. The van der Waals surface area contributed by atoms with Gasteiger partial charge in [-0.3, -0.25) is 0 Å². The first-order chi connectivity index (χ1) is 15.5. The van der Waals surface area contributed by atoms with Crippen molar-refractivity contribution in [2.75, 3.05) is 6.61 Å². The number of benzene rings is 3. The van der Waals surface area contributed by atoms with Gasteiger partial charge in [-0.25, -0.2) is 4.39 Å². The van der Waals surface area contributed by atoms with E-state index in [1.165, 1.54) is 17.7 Å². The number of ether oxygens (including phenoxy) is 2. The third kappa shape index (κ3) is 5.86. The van der Waals surface area contributed by atoms with Crippen molar-refractivity contribution in [2.24, 2.45) is 0 Å². The van der Waals surface area contributed by atoms with E-state index in [0.29, 0.717) is 42.3 Å². The Morgan fingerprint density at radius 1 is 1.09 bits per heavy atom. The Kier molecular flexibility index (Phi) is 7.83. The van der Waals surface area contributed by atoms with E-state index in [-0.39, 0.29) is 5.82 Å². The molecule has 0 saturated heterocycles. The molecule has 0 aromatic heterocycles. The lowest BCUT2D eigenvalue weighted by Crippen LogP contribution is -2.03. The Morgan fingerprint density at radius 2 is 1.88 bits per heavy atom. The van der Waals surface area contributed by atoms with Crippen LogP contribution < -0.4 is 9.47 Å². The van der Waals surface area contributed by atoms with Crippen LogP contribution in [-0.2, 0) is 13.0 Å². The van der Waals surface area contributed by atoms with Gasteiger partial charge in [0.2, 0.25) is 0 Å². The van der Waals surface area contributed by atoms with Crippen molar-refractivity contribution in [3.63, 3.8) is 0 Å². The van der Waals surface area contributed by atoms with Gasteiger partial charge >= 0.3 is 0 Å². The van der Waals surface area contributed by atoms with Crippen molar-refractivity contribution in [3.05, 3.63) is 107 Å². The predicted octanol–water partition coefficient (Wildman–Crippen LogP) is 6.90. The second-order valence-corrected chi connectivity index (χ2v) is 7.39. The fourth-order valence-electron chi connectivity index (χ4n) is 3.34. The molecule has 0 heterocycles. The Bertz CT molecular complexity index is 1160. The molecule has 4 heteroatoms. The van der Waals surface area contributed by atoms with E-state index in [9.17, 15) is 9.65 Å². The Morgan fingerprint density at radius 3 is 2.53 bits per heavy atom. The number of nitriles is 1. The van der Waals surface area contributed by atoms with E-state index in [2.05, 4.69) is 24.8 Å². The fraction of sp³-hybridized carbons (Fsp3) is 0.179. The summed E-state index contributed by atoms with van der Waals surface area (Å²) in [6.07, 6.45) is 4.11. The summed E-state index contributed by atoms with van der Waals surface area (Å²) >= 11 is 0. The van der Waals surface area contributed by atoms with Crippen molar-refractivity contribution in [2.45, 2.75) is 26.9 Å². The lowest BCUT2D eigenvalue weighted by molar-refractivity contribution is 0.267. The first kappa shape index (κ1) is 22.8. The standard InChI is InChI=1S/C28H26FNO2/c1-4-7-24-14-22(15-25(18-30)23-8-6-9-26(29)17-23)16-27(31-5-2)28(24)32-19-21-12-10-20(3)11-13-21/h4,6,8-17H,1,5,7,19H2,2-3H3/b25-15-. The first-order valence-corrected chi connectivity index (χ1v) is 10.5. The van der Waals surface area contributed by atoms with Gasteiger partial charge in [-0.15, -0.1) is 6.58 Å². The van der Waals surface area contributed by atoms with Gasteiger partial charge < -0.3 is 9.47 Å². The molecule has 0 saturated carbocycles. The molecule has 0 unspecified atom stereocenters. The molecular formula is C28H26FNO2. The highest BCUT2D eigenvalue weighted by Crippen LogP contribution is 2.36. The maximum absolute atomic E-state index is 13.6. The van der Waals surface area contributed by atoms with Crippen molar-refractivity contribution in [1.29, 1.82) is 5.26 Å². The molecule has 0 N–H and O–H groups in total. The minimum Gasteiger partial charge on any atom is -0.490 e. The second kappa shape index (κ2) is 11.0. The van der Waals surface area contributed by atoms with Gasteiger partial charge in [0.15, 0.2) is 11.5 Å². The van der Waals surface area contributed by atoms with Crippen molar-refractivity contribution >= 4 is 11.6 Å². The fourth-order valence-corrected chi connectivity index (χ4v) is 3.34. The number of aryl methyl sites for hydroxylation is 1. The second-order valence-electron chi connectivity index (χ2n) is 7.39. The predicted molar refractivity (Wildman–Crippen MR) is 127 cm³/mol. The monoisotopic (exact) mass is 427 g/mol. The summed E-state index contributed by atoms with van der Waals surface area (Å²) in [5, 5.41) is 9.65. The van der Waals surface area contributed by atoms with Crippen LogP contribution in [0.3, 0.4) is 0 Å². The van der Waals surface area contributed by atoms with Gasteiger partial charge in [0, 0.05) is 5.56 Å². The summed E-state index contributed by atoms with van der Waals surface area (Å²) in [5.41, 5.74) is 4.82. The Hall–Kier alpha value is -3.84. The summed E-state index contributed by atoms with van der Waals surface area (Å²) in [5.74, 6) is 0.876. The number of hydrogen-bond donors (Lipinski definition) is 0. The highest BCUT2D eigenvalue weighted by molar-refractivity contribution is 5.90. The molecule has 0 aliphatic carbocycles. The first-order valence-electron chi connectivity index (χ1n) is 10.5. The van der Waals surface area contributed by atoms with Crippen LogP contribution in [0.5, 0.6) is 11.5 Å². The molecule has 162 valence electrons. The highest BCUT2D eigenvalue weighted by atomic mass is 19.1. The number of halogens is 1. The number of hydrogen-bond acceptors (Lipinski definition) is 3. The van der Waals surface area contributed by atoms with Crippen LogP contribution in [0.25, 0.3) is 11.6 Å². The van der Waals surface area contributed by atoms with Gasteiger partial charge in [0.05, 0.1) is 18.2 Å². The third-order valence-electron chi connectivity index (χ3n) is 4.89. The summed E-state index contributed by atoms with van der Waals surface area (Å²) < 4.78 is 25.7. The van der Waals surface area contributed by atoms with Gasteiger partial charge in [0.1, 0.15) is 12.4 Å². The lowest BCUT2D eigenvalue weighted by Gasteiger charge is -2.17. The van der Waals surface area contributed by atoms with E-state index in [1.807, 2.05) is 38.1 Å². The molecule has 0 bridgehead atoms. The number of nitrogens with zero attached hydrogens (tertiary/aromatic N) is 1. The van der Waals surface area contributed by atoms with E-state index >= 15 is 0 Å². The summed E-state index contributed by atoms with van der Waals surface area (Å²) in [4.78, 5) is 0. The SMILES string of the molecule is C=CCc1cc(/C=C(/C#N)c2cccc(F)c2)cc(OCC)c1OCc1ccc(C)cc1. The molecule has 0 amide bonds. The van der Waals surface area contributed by atoms with Crippen LogP contribution in [0.15, 0.2) is 73.3 Å². The maximum Gasteiger partial charge on any atom is 0.165 e. The molecule has 3 aromatic rings. The van der Waals surface area contributed by atoms with E-state index in [1.54, 1.807) is 24.3 Å². The molecular weight excluding hydrogens is 401 g/mol. The molecule has 0 aliphatic heterocycles. The Balaban J connectivity index is 2.00. The summed E-state index contributed by atoms with van der Waals surface area (Å²) in [6.45, 7) is 8.69. The lowest BCUT2D eigenvalue weighted by atomic mass is 10.0. The van der Waals surface area contributed by atoms with E-state index in [0.717, 1.165) is 16.7 Å². The average Bonchev–Trinajstić information content (AvgIpc) is 2.78. The normalized spacial score (nSPS) is 11.0. The molecule has 32 heavy (non-hydrogen) atoms. The summed E-state index contributed by atoms with van der Waals surface area (Å²) in [7, 11) is 0. The van der Waals surface area contributed by atoms with Crippen molar-refractivity contribution in [3.8, 4) is 17.6 Å². The minimum absolute atomic E-state index is 0.366. The quantitative estimate of drug-likeness (QED) is 0.212. The molecule has 3 aromatic carbocycles. The zero-order valence-electron chi connectivity index (χ0n) is 18.4. The van der Waals surface area contributed by atoms with Crippen molar-refractivity contribution in [1.82, 2.24) is 0 Å². The smallest absolute Gasteiger partial charge is 0.165 e. The van der Waals surface area contributed by atoms with Crippen LogP contribution in [0.4, 0.5) is 4.39 Å². The number of rotatable bonds is 9. The zero-order valence-corrected chi connectivity index (χ0v) is 18.4. The molecule has 3 rings (SSSR count). The largest absolute Gasteiger partial charge is 0.490 e. The van der Waals surface area contributed by atoms with Crippen LogP contribution in [0.2, 0.25) is 0 Å². The van der Waals surface area contributed by atoms with Crippen LogP contribution in [0, 0.1) is 24.1 Å². The topological polar surface area (TPSA) is 42.2 Å². The Labute approximate surface area is 189 Å². The van der Waals surface area contributed by atoms with Crippen LogP contribution >= 0.6 is 0 Å². The van der Waals surface area contributed by atoms with Gasteiger partial charge in [-0.1, -0.05) is 48.0 Å². The number of allylic oxidation sites excluding steroid dienone is 2. The molecule has 0 aliphatic rings. The maximum atomic E-state index is 13.6. The summed E-state index contributed by atoms with van der Waals surface area (Å²) in [6, 6.07) is 20.2. The van der Waals surface area contributed by atoms with Crippen LogP contribution in [-0.4, -0.2) is 6.61 Å². The van der Waals surface area contributed by atoms with Crippen molar-refractivity contribution < 1.29 is 13.9 Å². The van der Waals surface area contributed by atoms with Gasteiger partial charge in [0.25, 0.3) is 0 Å².